The average Bonchev–Trinajstić information content (AvgIpc) is 2.91. The van der Waals surface area contributed by atoms with Crippen LogP contribution in [0.25, 0.3) is 0 Å². The van der Waals surface area contributed by atoms with Gasteiger partial charge in [0.2, 0.25) is 0 Å². The van der Waals surface area contributed by atoms with Crippen LogP contribution in [0.4, 0.5) is 0 Å². The number of carbonyl (C=O) groups is 2. The summed E-state index contributed by atoms with van der Waals surface area (Å²) in [6.07, 6.45) is 0.186. The zero-order valence-corrected chi connectivity index (χ0v) is 17.3. The van der Waals surface area contributed by atoms with E-state index in [-0.39, 0.29) is 23.3 Å². The summed E-state index contributed by atoms with van der Waals surface area (Å²) in [5.41, 5.74) is 2.35. The van der Waals surface area contributed by atoms with Crippen molar-refractivity contribution in [3.05, 3.63) is 35.4 Å². The second kappa shape index (κ2) is 8.42. The van der Waals surface area contributed by atoms with Crippen molar-refractivity contribution in [2.24, 2.45) is 0 Å². The van der Waals surface area contributed by atoms with Crippen molar-refractivity contribution in [1.29, 1.82) is 0 Å². The number of esters is 1. The van der Waals surface area contributed by atoms with Crippen LogP contribution in [-0.2, 0) is 36.0 Å². The summed E-state index contributed by atoms with van der Waals surface area (Å²) in [4.78, 5) is 24.1. The first-order valence-electron chi connectivity index (χ1n) is 9.26. The summed E-state index contributed by atoms with van der Waals surface area (Å²) in [6, 6.07) is 7.73. The molecule has 0 aromatic heterocycles. The molecule has 6 nitrogen and oxygen atoms in total. The number of hydrogen-bond acceptors (Lipinski definition) is 5. The van der Waals surface area contributed by atoms with E-state index in [0.29, 0.717) is 12.8 Å². The van der Waals surface area contributed by atoms with E-state index in [4.69, 9.17) is 4.74 Å². The lowest BCUT2D eigenvalue weighted by molar-refractivity contribution is -0.155. The van der Waals surface area contributed by atoms with Gasteiger partial charge in [-0.05, 0) is 36.3 Å². The van der Waals surface area contributed by atoms with Crippen LogP contribution in [0.15, 0.2) is 24.3 Å². The van der Waals surface area contributed by atoms with E-state index in [1.807, 2.05) is 12.1 Å². The number of ether oxygens (including phenoxy) is 1. The highest BCUT2D eigenvalue weighted by Crippen LogP contribution is 2.22. The van der Waals surface area contributed by atoms with Gasteiger partial charge in [0, 0.05) is 12.5 Å². The van der Waals surface area contributed by atoms with E-state index in [1.54, 1.807) is 0 Å². The van der Waals surface area contributed by atoms with Gasteiger partial charge < -0.3 is 10.1 Å². The van der Waals surface area contributed by atoms with Gasteiger partial charge in [-0.1, -0.05) is 45.0 Å². The largest absolute Gasteiger partial charge is 0.453 e. The lowest BCUT2D eigenvalue weighted by Crippen LogP contribution is -2.42. The maximum absolute atomic E-state index is 12.1. The topological polar surface area (TPSA) is 89.5 Å². The van der Waals surface area contributed by atoms with Gasteiger partial charge in [-0.15, -0.1) is 0 Å². The van der Waals surface area contributed by atoms with E-state index in [0.717, 1.165) is 5.56 Å². The monoisotopic (exact) mass is 395 g/mol. The highest BCUT2D eigenvalue weighted by molar-refractivity contribution is 7.91. The molecular weight excluding hydrogens is 366 g/mol. The third-order valence-electron chi connectivity index (χ3n) is 4.69. The van der Waals surface area contributed by atoms with Gasteiger partial charge in [0.1, 0.15) is 0 Å². The highest BCUT2D eigenvalue weighted by atomic mass is 32.2. The summed E-state index contributed by atoms with van der Waals surface area (Å²) in [5, 5.41) is 2.64. The van der Waals surface area contributed by atoms with Crippen molar-refractivity contribution >= 4 is 21.7 Å². The molecule has 0 radical (unpaired) electrons. The Hall–Kier alpha value is -1.89. The molecule has 1 aromatic carbocycles. The Balaban J connectivity index is 1.77. The Morgan fingerprint density at radius 3 is 2.37 bits per heavy atom. The Bertz CT molecular complexity index is 778. The quantitative estimate of drug-likeness (QED) is 0.746. The van der Waals surface area contributed by atoms with Crippen LogP contribution in [0.5, 0.6) is 0 Å². The molecule has 1 heterocycles. The Morgan fingerprint density at radius 1 is 1.22 bits per heavy atom. The number of nitrogens with one attached hydrogen (secondary N) is 1. The maximum Gasteiger partial charge on any atom is 0.306 e. The number of sulfone groups is 1. The summed E-state index contributed by atoms with van der Waals surface area (Å²) < 4.78 is 28.0. The minimum Gasteiger partial charge on any atom is -0.453 e. The van der Waals surface area contributed by atoms with Crippen LogP contribution in [-0.4, -0.2) is 43.9 Å². The molecule has 1 aromatic rings. The smallest absolute Gasteiger partial charge is 0.306 e. The van der Waals surface area contributed by atoms with Gasteiger partial charge in [-0.2, -0.15) is 0 Å². The fraction of sp³-hybridized carbons (Fsp3) is 0.600. The van der Waals surface area contributed by atoms with Crippen molar-refractivity contribution in [1.82, 2.24) is 5.32 Å². The molecule has 1 amide bonds. The number of carbonyl (C=O) groups excluding carboxylic acids is 2. The molecule has 0 unspecified atom stereocenters. The maximum atomic E-state index is 12.1. The van der Waals surface area contributed by atoms with Gasteiger partial charge >= 0.3 is 5.97 Å². The Morgan fingerprint density at radius 2 is 1.85 bits per heavy atom. The highest BCUT2D eigenvalue weighted by Gasteiger charge is 2.30. The number of benzene rings is 1. The fourth-order valence-electron chi connectivity index (χ4n) is 2.95. The summed E-state index contributed by atoms with van der Waals surface area (Å²) >= 11 is 0. The molecule has 2 rings (SSSR count). The second-order valence-electron chi connectivity index (χ2n) is 8.19. The second-order valence-corrected chi connectivity index (χ2v) is 10.4. The van der Waals surface area contributed by atoms with Crippen LogP contribution in [0.3, 0.4) is 0 Å². The molecule has 0 spiro atoms. The molecular formula is C20H29NO5S. The number of hydrogen-bond donors (Lipinski definition) is 1. The molecule has 150 valence electrons. The van der Waals surface area contributed by atoms with Gasteiger partial charge in [-0.25, -0.2) is 8.42 Å². The van der Waals surface area contributed by atoms with Gasteiger partial charge in [0.15, 0.2) is 15.9 Å². The van der Waals surface area contributed by atoms with E-state index in [9.17, 15) is 18.0 Å². The SMILES string of the molecule is C[C@@H](OC(=O)CCc1ccc(C(C)(C)C)cc1)C(=O)N[C@@H]1CCS(=O)(=O)C1. The summed E-state index contributed by atoms with van der Waals surface area (Å²) in [5.74, 6) is -0.874. The molecule has 1 aliphatic heterocycles. The standard InChI is InChI=1S/C20H29NO5S/c1-14(19(23)21-17-11-12-27(24,25)13-17)26-18(22)10-7-15-5-8-16(9-6-15)20(2,3)4/h5-6,8-9,14,17H,7,10-13H2,1-4H3,(H,21,23)/t14-,17-/m1/s1. The Labute approximate surface area is 161 Å². The van der Waals surface area contributed by atoms with Crippen molar-refractivity contribution in [3.63, 3.8) is 0 Å². The zero-order valence-electron chi connectivity index (χ0n) is 16.4. The molecule has 0 aliphatic carbocycles. The van der Waals surface area contributed by atoms with Gasteiger partial charge in [0.25, 0.3) is 5.91 Å². The van der Waals surface area contributed by atoms with Crippen LogP contribution in [0.2, 0.25) is 0 Å². The van der Waals surface area contributed by atoms with Crippen LogP contribution in [0.1, 0.15) is 51.7 Å². The molecule has 0 saturated carbocycles. The van der Waals surface area contributed by atoms with E-state index in [1.165, 1.54) is 12.5 Å². The van der Waals surface area contributed by atoms with E-state index >= 15 is 0 Å². The van der Waals surface area contributed by atoms with Gasteiger partial charge in [-0.3, -0.25) is 9.59 Å². The van der Waals surface area contributed by atoms with Crippen molar-refractivity contribution in [2.75, 3.05) is 11.5 Å². The Kier molecular flexibility index (Phi) is 6.68. The zero-order chi connectivity index (χ0) is 20.2. The third kappa shape index (κ3) is 6.65. The average molecular weight is 396 g/mol. The molecule has 0 bridgehead atoms. The van der Waals surface area contributed by atoms with Crippen LogP contribution < -0.4 is 5.32 Å². The van der Waals surface area contributed by atoms with Crippen molar-refractivity contribution < 1.29 is 22.7 Å². The van der Waals surface area contributed by atoms with Crippen molar-refractivity contribution in [3.8, 4) is 0 Å². The van der Waals surface area contributed by atoms with Crippen molar-refractivity contribution in [2.45, 2.75) is 64.5 Å². The summed E-state index contributed by atoms with van der Waals surface area (Å²) in [7, 11) is -3.06. The summed E-state index contributed by atoms with van der Waals surface area (Å²) in [6.45, 7) is 7.93. The molecule has 1 N–H and O–H groups in total. The lowest BCUT2D eigenvalue weighted by atomic mass is 9.86. The fourth-order valence-corrected chi connectivity index (χ4v) is 4.63. The molecule has 27 heavy (non-hydrogen) atoms. The number of aryl methyl sites for hydroxylation is 1. The third-order valence-corrected chi connectivity index (χ3v) is 6.46. The normalized spacial score (nSPS) is 20.1. The van der Waals surface area contributed by atoms with Crippen LogP contribution >= 0.6 is 0 Å². The number of rotatable bonds is 6. The van der Waals surface area contributed by atoms with E-state index in [2.05, 4.69) is 38.2 Å². The number of amides is 1. The predicted molar refractivity (Wildman–Crippen MR) is 104 cm³/mol. The molecule has 1 saturated heterocycles. The lowest BCUT2D eigenvalue weighted by Gasteiger charge is -2.19. The molecule has 2 atom stereocenters. The predicted octanol–water partition coefficient (Wildman–Crippen LogP) is 2.15. The first-order valence-corrected chi connectivity index (χ1v) is 11.1. The minimum atomic E-state index is -3.06. The van der Waals surface area contributed by atoms with Crippen LogP contribution in [0, 0.1) is 0 Å². The minimum absolute atomic E-state index is 0.0516. The molecule has 1 aliphatic rings. The molecule has 1 fully saturated rings. The van der Waals surface area contributed by atoms with Gasteiger partial charge in [0.05, 0.1) is 11.5 Å². The van der Waals surface area contributed by atoms with E-state index < -0.39 is 33.9 Å². The first kappa shape index (κ1) is 21.4. The molecule has 7 heteroatoms. The first-order chi connectivity index (χ1) is 12.5.